The third kappa shape index (κ3) is 1.76. The Morgan fingerprint density at radius 2 is 2.00 bits per heavy atom. The molecule has 0 saturated carbocycles. The highest BCUT2D eigenvalue weighted by atomic mass is 16.4. The Bertz CT molecular complexity index is 227. The highest BCUT2D eigenvalue weighted by Gasteiger charge is 2.07. The van der Waals surface area contributed by atoms with Crippen molar-refractivity contribution in [2.24, 2.45) is 0 Å². The molecule has 0 unspecified atom stereocenters. The number of furan rings is 1. The average molecular weight is 153 g/mol. The molecule has 0 radical (unpaired) electrons. The van der Waals surface area contributed by atoms with E-state index < -0.39 is 0 Å². The van der Waals surface area contributed by atoms with Gasteiger partial charge in [0.2, 0.25) is 0 Å². The summed E-state index contributed by atoms with van der Waals surface area (Å²) >= 11 is 0. The fourth-order valence-electron chi connectivity index (χ4n) is 0.866. The van der Waals surface area contributed by atoms with Gasteiger partial charge in [-0.2, -0.15) is 0 Å². The zero-order valence-electron chi connectivity index (χ0n) is 7.59. The lowest BCUT2D eigenvalue weighted by molar-refractivity contribution is 0.514. The molecule has 0 fully saturated rings. The van der Waals surface area contributed by atoms with Gasteiger partial charge >= 0.3 is 0 Å². The van der Waals surface area contributed by atoms with Gasteiger partial charge in [0.05, 0.1) is 0 Å². The summed E-state index contributed by atoms with van der Waals surface area (Å²) in [5, 5.41) is 0. The smallest absolute Gasteiger partial charge is 0.195 e. The molecule has 0 aliphatic rings. The van der Waals surface area contributed by atoms with Crippen molar-refractivity contribution in [3.63, 3.8) is 0 Å². The summed E-state index contributed by atoms with van der Waals surface area (Å²) in [6.45, 7) is 6.23. The normalized spacial score (nSPS) is 10.6. The largest absolute Gasteiger partial charge is 0.446 e. The van der Waals surface area contributed by atoms with Crippen LogP contribution in [-0.2, 0) is 0 Å². The quantitative estimate of drug-likeness (QED) is 0.648. The minimum Gasteiger partial charge on any atom is -0.446 e. The molecule has 0 N–H and O–H groups in total. The van der Waals surface area contributed by atoms with E-state index in [0.717, 1.165) is 11.6 Å². The minimum atomic E-state index is 0.487. The fraction of sp³-hybridized carbons (Fsp3) is 0.556. The lowest BCUT2D eigenvalue weighted by Crippen LogP contribution is -2.24. The monoisotopic (exact) mass is 153 g/mol. The number of anilines is 1. The predicted octanol–water partition coefficient (Wildman–Crippen LogP) is 2.43. The molecule has 2 nitrogen and oxygen atoms in total. The van der Waals surface area contributed by atoms with Crippen LogP contribution in [0.2, 0.25) is 0 Å². The van der Waals surface area contributed by atoms with Gasteiger partial charge in [0, 0.05) is 19.2 Å². The standard InChI is InChI=1S/C9H15NO/c1-7(2)10(4)9-6-5-8(3)11-9/h5-7H,1-4H3. The van der Waals surface area contributed by atoms with Crippen LogP contribution in [0.3, 0.4) is 0 Å². The van der Waals surface area contributed by atoms with Crippen LogP contribution >= 0.6 is 0 Å². The summed E-state index contributed by atoms with van der Waals surface area (Å²) in [6, 6.07) is 4.46. The van der Waals surface area contributed by atoms with Crippen molar-refractivity contribution >= 4 is 5.88 Å². The van der Waals surface area contributed by atoms with Crippen molar-refractivity contribution in [1.82, 2.24) is 0 Å². The summed E-state index contributed by atoms with van der Waals surface area (Å²) in [4.78, 5) is 2.10. The SMILES string of the molecule is Cc1ccc(N(C)C(C)C)o1. The van der Waals surface area contributed by atoms with Gasteiger partial charge in [0.1, 0.15) is 5.76 Å². The number of rotatable bonds is 2. The third-order valence-corrected chi connectivity index (χ3v) is 1.85. The molecule has 0 atom stereocenters. The molecule has 0 aliphatic heterocycles. The maximum atomic E-state index is 5.43. The van der Waals surface area contributed by atoms with Crippen molar-refractivity contribution in [1.29, 1.82) is 0 Å². The second-order valence-corrected chi connectivity index (χ2v) is 3.09. The lowest BCUT2D eigenvalue weighted by atomic mass is 10.3. The Kier molecular flexibility index (Phi) is 2.22. The summed E-state index contributed by atoms with van der Waals surface area (Å²) in [7, 11) is 2.03. The van der Waals surface area contributed by atoms with Crippen LogP contribution < -0.4 is 4.90 Å². The van der Waals surface area contributed by atoms with Crippen molar-refractivity contribution in [2.75, 3.05) is 11.9 Å². The first-order valence-electron chi connectivity index (χ1n) is 3.90. The van der Waals surface area contributed by atoms with Gasteiger partial charge in [0.25, 0.3) is 0 Å². The average Bonchev–Trinajstić information content (AvgIpc) is 2.34. The van der Waals surface area contributed by atoms with E-state index in [1.54, 1.807) is 0 Å². The van der Waals surface area contributed by atoms with Gasteiger partial charge in [-0.1, -0.05) is 0 Å². The van der Waals surface area contributed by atoms with E-state index in [4.69, 9.17) is 4.42 Å². The van der Waals surface area contributed by atoms with Gasteiger partial charge in [0.15, 0.2) is 5.88 Å². The van der Waals surface area contributed by atoms with E-state index in [9.17, 15) is 0 Å². The van der Waals surface area contributed by atoms with Gasteiger partial charge in [-0.05, 0) is 26.8 Å². The van der Waals surface area contributed by atoms with Gasteiger partial charge in [-0.3, -0.25) is 0 Å². The summed E-state index contributed by atoms with van der Waals surface area (Å²) in [5.74, 6) is 1.91. The molecule has 62 valence electrons. The first-order valence-corrected chi connectivity index (χ1v) is 3.90. The van der Waals surface area contributed by atoms with Crippen molar-refractivity contribution in [2.45, 2.75) is 26.8 Å². The number of hydrogen-bond donors (Lipinski definition) is 0. The molecule has 11 heavy (non-hydrogen) atoms. The van der Waals surface area contributed by atoms with E-state index in [2.05, 4.69) is 18.7 Å². The first-order chi connectivity index (χ1) is 5.11. The molecule has 0 spiro atoms. The number of nitrogens with zero attached hydrogens (tertiary/aromatic N) is 1. The van der Waals surface area contributed by atoms with Crippen molar-refractivity contribution in [3.05, 3.63) is 17.9 Å². The maximum Gasteiger partial charge on any atom is 0.195 e. The van der Waals surface area contributed by atoms with E-state index >= 15 is 0 Å². The van der Waals surface area contributed by atoms with E-state index in [1.165, 1.54) is 0 Å². The van der Waals surface area contributed by atoms with Crippen molar-refractivity contribution in [3.8, 4) is 0 Å². The molecular formula is C9H15NO. The molecule has 1 rings (SSSR count). The van der Waals surface area contributed by atoms with Gasteiger partial charge < -0.3 is 9.32 Å². The first kappa shape index (κ1) is 8.18. The predicted molar refractivity (Wildman–Crippen MR) is 47.0 cm³/mol. The molecule has 0 saturated heterocycles. The molecule has 0 aliphatic carbocycles. The molecule has 0 amide bonds. The molecule has 2 heteroatoms. The van der Waals surface area contributed by atoms with Crippen LogP contribution in [0, 0.1) is 6.92 Å². The molecule has 0 bridgehead atoms. The zero-order valence-corrected chi connectivity index (χ0v) is 7.59. The van der Waals surface area contributed by atoms with E-state index in [1.807, 2.05) is 26.1 Å². The number of aryl methyl sites for hydroxylation is 1. The Balaban J connectivity index is 2.76. The van der Waals surface area contributed by atoms with Crippen molar-refractivity contribution < 1.29 is 4.42 Å². The molecule has 0 aromatic carbocycles. The second kappa shape index (κ2) is 2.99. The molecule has 1 aromatic rings. The third-order valence-electron chi connectivity index (χ3n) is 1.85. The van der Waals surface area contributed by atoms with Crippen LogP contribution in [0.4, 0.5) is 5.88 Å². The zero-order chi connectivity index (χ0) is 8.43. The topological polar surface area (TPSA) is 16.4 Å². The second-order valence-electron chi connectivity index (χ2n) is 3.09. The van der Waals surface area contributed by atoms with Gasteiger partial charge in [-0.15, -0.1) is 0 Å². The summed E-state index contributed by atoms with van der Waals surface area (Å²) in [5.41, 5.74) is 0. The maximum absolute atomic E-state index is 5.43. The summed E-state index contributed by atoms with van der Waals surface area (Å²) < 4.78 is 5.43. The van der Waals surface area contributed by atoms with Crippen LogP contribution in [0.15, 0.2) is 16.5 Å². The molecular weight excluding hydrogens is 138 g/mol. The highest BCUT2D eigenvalue weighted by molar-refractivity contribution is 5.35. The van der Waals surface area contributed by atoms with Crippen LogP contribution in [0.1, 0.15) is 19.6 Å². The Morgan fingerprint density at radius 1 is 1.36 bits per heavy atom. The van der Waals surface area contributed by atoms with E-state index in [0.29, 0.717) is 6.04 Å². The van der Waals surface area contributed by atoms with Crippen LogP contribution in [0.25, 0.3) is 0 Å². The van der Waals surface area contributed by atoms with E-state index in [-0.39, 0.29) is 0 Å². The molecule has 1 heterocycles. The number of hydrogen-bond acceptors (Lipinski definition) is 2. The Morgan fingerprint density at radius 3 is 2.36 bits per heavy atom. The fourth-order valence-corrected chi connectivity index (χ4v) is 0.866. The Hall–Kier alpha value is -0.920. The lowest BCUT2D eigenvalue weighted by Gasteiger charge is -2.19. The minimum absolute atomic E-state index is 0.487. The summed E-state index contributed by atoms with van der Waals surface area (Å²) in [6.07, 6.45) is 0. The van der Waals surface area contributed by atoms with Crippen LogP contribution in [-0.4, -0.2) is 13.1 Å². The van der Waals surface area contributed by atoms with Crippen LogP contribution in [0.5, 0.6) is 0 Å². The Labute approximate surface area is 67.8 Å². The molecule has 1 aromatic heterocycles. The van der Waals surface area contributed by atoms with Gasteiger partial charge in [-0.25, -0.2) is 0 Å². The highest BCUT2D eigenvalue weighted by Crippen LogP contribution is 2.17.